The van der Waals surface area contributed by atoms with Gasteiger partial charge in [0.05, 0.1) is 18.5 Å². The van der Waals surface area contributed by atoms with E-state index in [4.69, 9.17) is 5.26 Å². The summed E-state index contributed by atoms with van der Waals surface area (Å²) in [7, 11) is 0. The van der Waals surface area contributed by atoms with Gasteiger partial charge in [-0.25, -0.2) is 0 Å². The molecular weight excluding hydrogens is 160 g/mol. The molecule has 1 atom stereocenters. The van der Waals surface area contributed by atoms with Crippen LogP contribution in [-0.2, 0) is 0 Å². The lowest BCUT2D eigenvalue weighted by Crippen LogP contribution is -2.00. The maximum Gasteiger partial charge on any atom is 0.0714 e. The van der Waals surface area contributed by atoms with Crippen molar-refractivity contribution >= 4 is 5.71 Å². The first kappa shape index (κ1) is 8.00. The third kappa shape index (κ3) is 1.59. The highest BCUT2D eigenvalue weighted by Gasteiger charge is 2.18. The van der Waals surface area contributed by atoms with Crippen LogP contribution in [0.3, 0.4) is 0 Å². The van der Waals surface area contributed by atoms with Crippen LogP contribution >= 0.6 is 0 Å². The fraction of sp³-hybridized carbons (Fsp3) is 0.273. The van der Waals surface area contributed by atoms with Gasteiger partial charge in [-0.2, -0.15) is 5.26 Å². The molecule has 0 saturated carbocycles. The molecule has 0 saturated heterocycles. The number of hydrogen-bond acceptors (Lipinski definition) is 2. The van der Waals surface area contributed by atoms with E-state index in [1.807, 2.05) is 30.3 Å². The zero-order valence-electron chi connectivity index (χ0n) is 7.27. The molecule has 1 aliphatic rings. The summed E-state index contributed by atoms with van der Waals surface area (Å²) in [6, 6.07) is 12.3. The fourth-order valence-corrected chi connectivity index (χ4v) is 1.51. The minimum atomic E-state index is 0.0928. The lowest BCUT2D eigenvalue weighted by atomic mass is 10.0. The van der Waals surface area contributed by atoms with Crippen molar-refractivity contribution < 1.29 is 0 Å². The second kappa shape index (κ2) is 3.40. The Bertz CT molecular complexity index is 359. The Labute approximate surface area is 77.5 Å². The van der Waals surface area contributed by atoms with E-state index in [1.54, 1.807) is 0 Å². The summed E-state index contributed by atoms with van der Waals surface area (Å²) in [6.45, 7) is 0.667. The highest BCUT2D eigenvalue weighted by molar-refractivity contribution is 6.01. The molecule has 1 heterocycles. The van der Waals surface area contributed by atoms with Crippen LogP contribution in [0, 0.1) is 17.2 Å². The van der Waals surface area contributed by atoms with Crippen LogP contribution in [0.4, 0.5) is 0 Å². The Balaban J connectivity index is 2.18. The van der Waals surface area contributed by atoms with Crippen molar-refractivity contribution in [3.8, 4) is 6.07 Å². The van der Waals surface area contributed by atoms with Gasteiger partial charge in [-0.15, -0.1) is 0 Å². The summed E-state index contributed by atoms with van der Waals surface area (Å²) in [5, 5.41) is 8.71. The number of hydrogen-bond donors (Lipinski definition) is 0. The van der Waals surface area contributed by atoms with Crippen molar-refractivity contribution in [2.24, 2.45) is 10.9 Å². The zero-order valence-corrected chi connectivity index (χ0v) is 7.27. The first-order chi connectivity index (χ1) is 6.40. The average molecular weight is 170 g/mol. The van der Waals surface area contributed by atoms with Gasteiger partial charge in [0.2, 0.25) is 0 Å². The Morgan fingerprint density at radius 1 is 1.31 bits per heavy atom. The maximum atomic E-state index is 8.71. The monoisotopic (exact) mass is 170 g/mol. The van der Waals surface area contributed by atoms with Gasteiger partial charge in [0, 0.05) is 12.1 Å². The minimum Gasteiger partial charge on any atom is -0.288 e. The number of aliphatic imine (C=N–C) groups is 1. The number of rotatable bonds is 1. The lowest BCUT2D eigenvalue weighted by molar-refractivity contribution is 0.759. The van der Waals surface area contributed by atoms with Gasteiger partial charge in [-0.3, -0.25) is 4.99 Å². The van der Waals surface area contributed by atoms with E-state index >= 15 is 0 Å². The molecule has 0 radical (unpaired) electrons. The van der Waals surface area contributed by atoms with E-state index in [2.05, 4.69) is 11.1 Å². The van der Waals surface area contributed by atoms with E-state index in [-0.39, 0.29) is 5.92 Å². The molecule has 0 N–H and O–H groups in total. The highest BCUT2D eigenvalue weighted by atomic mass is 14.8. The van der Waals surface area contributed by atoms with Crippen LogP contribution in [0.15, 0.2) is 35.3 Å². The normalized spacial score (nSPS) is 20.8. The summed E-state index contributed by atoms with van der Waals surface area (Å²) < 4.78 is 0. The SMILES string of the molecule is N#C[C@H]1CN=C(c2ccccc2)C1. The number of nitriles is 1. The van der Waals surface area contributed by atoms with E-state index < -0.39 is 0 Å². The molecule has 0 aromatic heterocycles. The van der Waals surface area contributed by atoms with Crippen molar-refractivity contribution in [3.05, 3.63) is 35.9 Å². The van der Waals surface area contributed by atoms with Gasteiger partial charge >= 0.3 is 0 Å². The third-order valence-corrected chi connectivity index (χ3v) is 2.23. The topological polar surface area (TPSA) is 36.1 Å². The molecule has 0 unspecified atom stereocenters. The quantitative estimate of drug-likeness (QED) is 0.635. The van der Waals surface area contributed by atoms with Crippen molar-refractivity contribution in [2.45, 2.75) is 6.42 Å². The fourth-order valence-electron chi connectivity index (χ4n) is 1.51. The first-order valence-corrected chi connectivity index (χ1v) is 4.38. The van der Waals surface area contributed by atoms with Gasteiger partial charge in [0.1, 0.15) is 0 Å². The Hall–Kier alpha value is -1.62. The maximum absolute atomic E-state index is 8.71. The van der Waals surface area contributed by atoms with Gasteiger partial charge in [-0.05, 0) is 5.56 Å². The van der Waals surface area contributed by atoms with Crippen molar-refractivity contribution in [2.75, 3.05) is 6.54 Å². The van der Waals surface area contributed by atoms with E-state index in [0.717, 1.165) is 17.7 Å². The second-order valence-electron chi connectivity index (χ2n) is 3.18. The largest absolute Gasteiger partial charge is 0.288 e. The highest BCUT2D eigenvalue weighted by Crippen LogP contribution is 2.17. The molecule has 1 aromatic carbocycles. The lowest BCUT2D eigenvalue weighted by Gasteiger charge is -1.99. The van der Waals surface area contributed by atoms with E-state index in [0.29, 0.717) is 6.54 Å². The van der Waals surface area contributed by atoms with Crippen LogP contribution in [0.5, 0.6) is 0 Å². The summed E-state index contributed by atoms with van der Waals surface area (Å²) in [6.07, 6.45) is 0.806. The summed E-state index contributed by atoms with van der Waals surface area (Å²) in [4.78, 5) is 4.35. The molecule has 1 aliphatic heterocycles. The van der Waals surface area contributed by atoms with Gasteiger partial charge in [-0.1, -0.05) is 30.3 Å². The molecule has 64 valence electrons. The Morgan fingerprint density at radius 3 is 2.69 bits per heavy atom. The molecule has 0 bridgehead atoms. The molecule has 0 amide bonds. The number of nitrogens with zero attached hydrogens (tertiary/aromatic N) is 2. The molecular formula is C11H10N2. The molecule has 13 heavy (non-hydrogen) atoms. The second-order valence-corrected chi connectivity index (χ2v) is 3.18. The van der Waals surface area contributed by atoms with E-state index in [1.165, 1.54) is 0 Å². The molecule has 0 spiro atoms. The van der Waals surface area contributed by atoms with Crippen LogP contribution in [-0.4, -0.2) is 12.3 Å². The third-order valence-electron chi connectivity index (χ3n) is 2.23. The molecule has 1 aromatic rings. The predicted molar refractivity (Wildman–Crippen MR) is 51.6 cm³/mol. The summed E-state index contributed by atoms with van der Waals surface area (Å²) in [5.74, 6) is 0.0928. The van der Waals surface area contributed by atoms with Crippen LogP contribution in [0.1, 0.15) is 12.0 Å². The Morgan fingerprint density at radius 2 is 2.08 bits per heavy atom. The molecule has 2 nitrogen and oxygen atoms in total. The minimum absolute atomic E-state index is 0.0928. The van der Waals surface area contributed by atoms with Crippen LogP contribution < -0.4 is 0 Å². The van der Waals surface area contributed by atoms with Crippen molar-refractivity contribution in [1.29, 1.82) is 5.26 Å². The van der Waals surface area contributed by atoms with Gasteiger partial charge in [0.25, 0.3) is 0 Å². The standard InChI is InChI=1S/C11H10N2/c12-7-9-6-11(13-8-9)10-4-2-1-3-5-10/h1-5,9H,6,8H2/t9-/m0/s1. The number of benzene rings is 1. The molecule has 2 heteroatoms. The van der Waals surface area contributed by atoms with Crippen molar-refractivity contribution in [3.63, 3.8) is 0 Å². The van der Waals surface area contributed by atoms with Crippen LogP contribution in [0.2, 0.25) is 0 Å². The summed E-state index contributed by atoms with van der Waals surface area (Å²) in [5.41, 5.74) is 2.23. The van der Waals surface area contributed by atoms with Crippen LogP contribution in [0.25, 0.3) is 0 Å². The molecule has 2 rings (SSSR count). The summed E-state index contributed by atoms with van der Waals surface area (Å²) >= 11 is 0. The molecule has 0 aliphatic carbocycles. The van der Waals surface area contributed by atoms with Gasteiger partial charge < -0.3 is 0 Å². The predicted octanol–water partition coefficient (Wildman–Crippen LogP) is 2.02. The Kier molecular flexibility index (Phi) is 2.09. The first-order valence-electron chi connectivity index (χ1n) is 4.38. The van der Waals surface area contributed by atoms with Gasteiger partial charge in [0.15, 0.2) is 0 Å². The average Bonchev–Trinajstić information content (AvgIpc) is 2.67. The van der Waals surface area contributed by atoms with E-state index in [9.17, 15) is 0 Å². The smallest absolute Gasteiger partial charge is 0.0714 e. The molecule has 0 fully saturated rings. The zero-order chi connectivity index (χ0) is 9.10. The van der Waals surface area contributed by atoms with Crippen molar-refractivity contribution in [1.82, 2.24) is 0 Å².